The van der Waals surface area contributed by atoms with Gasteiger partial charge in [-0.05, 0) is 41.8 Å². The second kappa shape index (κ2) is 12.8. The number of nitrogens with one attached hydrogen (secondary N) is 1. The van der Waals surface area contributed by atoms with Gasteiger partial charge in [0.1, 0.15) is 0 Å². The van der Waals surface area contributed by atoms with Gasteiger partial charge in [-0.2, -0.15) is 0 Å². The van der Waals surface area contributed by atoms with Crippen LogP contribution in [0.25, 0.3) is 11.1 Å². The fourth-order valence-electron chi connectivity index (χ4n) is 4.72. The van der Waals surface area contributed by atoms with Gasteiger partial charge in [0, 0.05) is 31.6 Å². The van der Waals surface area contributed by atoms with E-state index < -0.39 is 12.1 Å². The maximum atomic E-state index is 13.9. The molecule has 2 N–H and O–H groups in total. The molecule has 9 heteroatoms. The van der Waals surface area contributed by atoms with Crippen LogP contribution in [-0.2, 0) is 11.3 Å². The van der Waals surface area contributed by atoms with Gasteiger partial charge < -0.3 is 25.0 Å². The van der Waals surface area contributed by atoms with Crippen LogP contribution >= 0.6 is 23.2 Å². The molecule has 1 heterocycles. The summed E-state index contributed by atoms with van der Waals surface area (Å²) < 4.78 is 6.47. The highest BCUT2D eigenvalue weighted by Crippen LogP contribution is 2.32. The Bertz CT molecular complexity index is 1340. The minimum Gasteiger partial charge on any atom is -0.394 e. The van der Waals surface area contributed by atoms with Crippen LogP contribution < -0.4 is 5.32 Å². The number of likely N-dealkylation sites (N-methyl/N-ethyl adjacent to an activating group) is 1. The van der Waals surface area contributed by atoms with Crippen molar-refractivity contribution in [2.75, 3.05) is 32.1 Å². The standard InChI is InChI=1S/C30H33Cl2N3O4/c1-19-15-35(20(2)17-36)29(37)24-12-7-6-11-23(24)22-10-5-4-9-21(22)18-39-27(19)16-34(3)30(38)33-26-14-8-13-25(31)28(26)32/h4-14,19-20,27,36H,15-18H2,1-3H3,(H,33,38)/t19-,20+,27-/m1/s1. The zero-order valence-corrected chi connectivity index (χ0v) is 23.7. The second-order valence-corrected chi connectivity index (χ2v) is 10.7. The van der Waals surface area contributed by atoms with Gasteiger partial charge in [0.05, 0.1) is 41.1 Å². The molecule has 7 nitrogen and oxygen atoms in total. The molecule has 39 heavy (non-hydrogen) atoms. The fraction of sp³-hybridized carbons (Fsp3) is 0.333. The van der Waals surface area contributed by atoms with Crippen LogP contribution in [0.1, 0.15) is 29.8 Å². The lowest BCUT2D eigenvalue weighted by Crippen LogP contribution is -2.48. The number of nitrogens with zero attached hydrogens (tertiary/aromatic N) is 2. The second-order valence-electron chi connectivity index (χ2n) is 9.93. The first-order valence-corrected chi connectivity index (χ1v) is 13.6. The minimum absolute atomic E-state index is 0.156. The number of hydrogen-bond donors (Lipinski definition) is 2. The van der Waals surface area contributed by atoms with Crippen LogP contribution in [0.4, 0.5) is 10.5 Å². The number of fused-ring (bicyclic) bond motifs is 3. The van der Waals surface area contributed by atoms with E-state index in [-0.39, 0.29) is 36.0 Å². The predicted molar refractivity (Wildman–Crippen MR) is 155 cm³/mol. The molecule has 1 aliphatic heterocycles. The Hall–Kier alpha value is -3.10. The molecule has 3 aromatic rings. The maximum absolute atomic E-state index is 13.9. The highest BCUT2D eigenvalue weighted by molar-refractivity contribution is 6.43. The number of anilines is 1. The van der Waals surface area contributed by atoms with Crippen molar-refractivity contribution in [3.05, 3.63) is 87.9 Å². The lowest BCUT2D eigenvalue weighted by Gasteiger charge is -2.35. The molecule has 0 aliphatic carbocycles. The van der Waals surface area contributed by atoms with Gasteiger partial charge >= 0.3 is 6.03 Å². The Balaban J connectivity index is 1.65. The number of halogens is 2. The molecule has 0 unspecified atom stereocenters. The van der Waals surface area contributed by atoms with E-state index in [0.29, 0.717) is 29.4 Å². The van der Waals surface area contributed by atoms with Crippen LogP contribution in [0.15, 0.2) is 66.7 Å². The normalized spacial score (nSPS) is 18.4. The van der Waals surface area contributed by atoms with E-state index in [1.807, 2.05) is 62.4 Å². The number of aliphatic hydroxyl groups excluding tert-OH is 1. The van der Waals surface area contributed by atoms with E-state index in [0.717, 1.165) is 16.7 Å². The first-order valence-electron chi connectivity index (χ1n) is 12.9. The van der Waals surface area contributed by atoms with Gasteiger partial charge in [0.2, 0.25) is 0 Å². The van der Waals surface area contributed by atoms with Gasteiger partial charge in [-0.15, -0.1) is 0 Å². The average molecular weight is 571 g/mol. The van der Waals surface area contributed by atoms with E-state index in [1.165, 1.54) is 4.90 Å². The molecule has 0 bridgehead atoms. The molecule has 3 aromatic carbocycles. The van der Waals surface area contributed by atoms with Crippen LogP contribution in [0.2, 0.25) is 10.0 Å². The largest absolute Gasteiger partial charge is 0.394 e. The summed E-state index contributed by atoms with van der Waals surface area (Å²) in [5, 5.41) is 13.4. The number of aliphatic hydroxyl groups is 1. The van der Waals surface area contributed by atoms with Crippen LogP contribution in [0.3, 0.4) is 0 Å². The summed E-state index contributed by atoms with van der Waals surface area (Å²) in [5.74, 6) is -0.318. The molecule has 0 aromatic heterocycles. The monoisotopic (exact) mass is 569 g/mol. The van der Waals surface area contributed by atoms with Gasteiger partial charge in [-0.25, -0.2) is 4.79 Å². The Morgan fingerprint density at radius 1 is 1.08 bits per heavy atom. The third-order valence-electron chi connectivity index (χ3n) is 7.09. The summed E-state index contributed by atoms with van der Waals surface area (Å²) in [6.07, 6.45) is -0.411. The first-order chi connectivity index (χ1) is 18.7. The molecular formula is C30H33Cl2N3O4. The molecule has 0 saturated carbocycles. The molecule has 1 aliphatic rings. The maximum Gasteiger partial charge on any atom is 0.321 e. The molecule has 3 amide bonds. The van der Waals surface area contributed by atoms with Crippen molar-refractivity contribution in [1.29, 1.82) is 0 Å². The summed E-state index contributed by atoms with van der Waals surface area (Å²) in [7, 11) is 1.68. The molecule has 0 radical (unpaired) electrons. The summed E-state index contributed by atoms with van der Waals surface area (Å²) in [6.45, 7) is 4.54. The molecule has 206 valence electrons. The van der Waals surface area contributed by atoms with Crippen molar-refractivity contribution in [2.24, 2.45) is 5.92 Å². The molecule has 4 rings (SSSR count). The summed E-state index contributed by atoms with van der Waals surface area (Å²) in [6, 6.07) is 19.6. The highest BCUT2D eigenvalue weighted by atomic mass is 35.5. The molecule has 3 atom stereocenters. The van der Waals surface area contributed by atoms with Gasteiger partial charge in [0.15, 0.2) is 0 Å². The number of rotatable bonds is 5. The zero-order valence-electron chi connectivity index (χ0n) is 22.2. The Morgan fingerprint density at radius 2 is 1.74 bits per heavy atom. The fourth-order valence-corrected chi connectivity index (χ4v) is 5.06. The van der Waals surface area contributed by atoms with Crippen molar-refractivity contribution in [1.82, 2.24) is 9.80 Å². The summed E-state index contributed by atoms with van der Waals surface area (Å²) in [4.78, 5) is 30.2. The van der Waals surface area contributed by atoms with E-state index in [9.17, 15) is 14.7 Å². The van der Waals surface area contributed by atoms with Crippen LogP contribution in [0.5, 0.6) is 0 Å². The van der Waals surface area contributed by atoms with Gasteiger partial charge in [0.25, 0.3) is 5.91 Å². The number of carbonyl (C=O) groups is 2. The smallest absolute Gasteiger partial charge is 0.321 e. The summed E-state index contributed by atoms with van der Waals surface area (Å²) >= 11 is 12.4. The number of amides is 3. The quantitative estimate of drug-likeness (QED) is 0.384. The number of benzene rings is 3. The Kier molecular flexibility index (Phi) is 9.51. The first kappa shape index (κ1) is 28.9. The molecule has 0 fully saturated rings. The SMILES string of the molecule is C[C@@H]1CN([C@@H](C)CO)C(=O)c2ccccc2-c2ccccc2CO[C@@H]1CN(C)C(=O)Nc1cccc(Cl)c1Cl. The third-order valence-corrected chi connectivity index (χ3v) is 7.91. The lowest BCUT2D eigenvalue weighted by atomic mass is 9.94. The van der Waals surface area contributed by atoms with E-state index in [4.69, 9.17) is 27.9 Å². The minimum atomic E-state index is -0.411. The van der Waals surface area contributed by atoms with E-state index >= 15 is 0 Å². The van der Waals surface area contributed by atoms with Gasteiger partial charge in [-0.1, -0.05) is 78.7 Å². The Labute approximate surface area is 239 Å². The van der Waals surface area contributed by atoms with E-state index in [2.05, 4.69) is 5.32 Å². The van der Waals surface area contributed by atoms with Crippen LogP contribution in [-0.4, -0.2) is 65.7 Å². The molecular weight excluding hydrogens is 537 g/mol. The predicted octanol–water partition coefficient (Wildman–Crippen LogP) is 6.18. The highest BCUT2D eigenvalue weighted by Gasteiger charge is 2.31. The van der Waals surface area contributed by atoms with Crippen molar-refractivity contribution < 1.29 is 19.4 Å². The number of ether oxygens (including phenoxy) is 1. The molecule has 0 spiro atoms. The van der Waals surface area contributed by atoms with E-state index in [1.54, 1.807) is 30.1 Å². The van der Waals surface area contributed by atoms with Crippen LogP contribution in [0, 0.1) is 5.92 Å². The zero-order chi connectivity index (χ0) is 28.1. The number of carbonyl (C=O) groups excluding carboxylic acids is 2. The van der Waals surface area contributed by atoms with Crippen molar-refractivity contribution in [2.45, 2.75) is 32.6 Å². The lowest BCUT2D eigenvalue weighted by molar-refractivity contribution is -0.0178. The summed E-state index contributed by atoms with van der Waals surface area (Å²) in [5.41, 5.74) is 3.66. The third kappa shape index (κ3) is 6.56. The van der Waals surface area contributed by atoms with Crippen molar-refractivity contribution in [3.63, 3.8) is 0 Å². The number of urea groups is 1. The average Bonchev–Trinajstić information content (AvgIpc) is 2.96. The van der Waals surface area contributed by atoms with Gasteiger partial charge in [-0.3, -0.25) is 4.79 Å². The van der Waals surface area contributed by atoms with Crippen molar-refractivity contribution >= 4 is 40.8 Å². The Morgan fingerprint density at radius 3 is 2.46 bits per heavy atom. The topological polar surface area (TPSA) is 82.1 Å². The molecule has 0 saturated heterocycles. The van der Waals surface area contributed by atoms with Crippen molar-refractivity contribution in [3.8, 4) is 11.1 Å². The number of hydrogen-bond acceptors (Lipinski definition) is 4.